The monoisotopic (exact) mass is 383 g/mol. The summed E-state index contributed by atoms with van der Waals surface area (Å²) in [7, 11) is 0. The van der Waals surface area contributed by atoms with Gasteiger partial charge >= 0.3 is 5.97 Å². The Balaban J connectivity index is 1.95. The summed E-state index contributed by atoms with van der Waals surface area (Å²) >= 11 is 0. The minimum Gasteiger partial charge on any atom is -0.451 e. The Morgan fingerprint density at radius 3 is 2.25 bits per heavy atom. The summed E-state index contributed by atoms with van der Waals surface area (Å²) in [4.78, 5) is 36.0. The van der Waals surface area contributed by atoms with E-state index < -0.39 is 17.9 Å². The number of benzene rings is 2. The lowest BCUT2D eigenvalue weighted by Crippen LogP contribution is -2.23. The molecule has 0 aliphatic heterocycles. The lowest BCUT2D eigenvalue weighted by atomic mass is 10.1. The van der Waals surface area contributed by atoms with Crippen molar-refractivity contribution in [2.75, 3.05) is 5.32 Å². The van der Waals surface area contributed by atoms with Crippen LogP contribution in [0.3, 0.4) is 0 Å². The van der Waals surface area contributed by atoms with Crippen LogP contribution in [0, 0.1) is 11.7 Å². The Morgan fingerprint density at radius 2 is 1.64 bits per heavy atom. The van der Waals surface area contributed by atoms with Gasteiger partial charge in [0.2, 0.25) is 11.7 Å². The number of rotatable bonds is 7. The Hall–Kier alpha value is -3.28. The van der Waals surface area contributed by atoms with Crippen molar-refractivity contribution in [3.63, 3.8) is 0 Å². The van der Waals surface area contributed by atoms with Crippen LogP contribution in [0.4, 0.5) is 10.1 Å². The first kappa shape index (κ1) is 21.0. The van der Waals surface area contributed by atoms with Crippen LogP contribution in [-0.2, 0) is 14.3 Å². The van der Waals surface area contributed by atoms with E-state index in [1.54, 1.807) is 50.2 Å². The Labute approximate surface area is 163 Å². The first-order chi connectivity index (χ1) is 13.3. The van der Waals surface area contributed by atoms with Gasteiger partial charge in [-0.05, 0) is 43.3 Å². The van der Waals surface area contributed by atoms with Gasteiger partial charge in [0.1, 0.15) is 5.82 Å². The molecule has 2 aromatic rings. The highest BCUT2D eigenvalue weighted by Gasteiger charge is 2.18. The highest BCUT2D eigenvalue weighted by Crippen LogP contribution is 2.14. The number of carbonyl (C=O) groups excluding carboxylic acids is 3. The fourth-order valence-corrected chi connectivity index (χ4v) is 2.27. The molecule has 146 valence electrons. The maximum absolute atomic E-state index is 13.5. The van der Waals surface area contributed by atoms with Gasteiger partial charge in [0.15, 0.2) is 6.10 Å². The van der Waals surface area contributed by atoms with E-state index >= 15 is 0 Å². The van der Waals surface area contributed by atoms with Gasteiger partial charge < -0.3 is 10.1 Å². The van der Waals surface area contributed by atoms with Crippen molar-refractivity contribution in [3.05, 3.63) is 71.6 Å². The standard InChI is InChI=1S/C22H22FNO4/c1-14(2)22(27)24-18-11-8-17(9-12-18)21(26)15(3)28-20(25)13-10-16-6-4-5-7-19(16)23/h4-15H,1-3H3,(H,24,27)/b13-10+/t15-/m0/s1. The minimum absolute atomic E-state index is 0.122. The highest BCUT2D eigenvalue weighted by molar-refractivity contribution is 6.01. The van der Waals surface area contributed by atoms with Crippen molar-refractivity contribution in [1.82, 2.24) is 0 Å². The van der Waals surface area contributed by atoms with Crippen molar-refractivity contribution < 1.29 is 23.5 Å². The van der Waals surface area contributed by atoms with Crippen LogP contribution in [0.15, 0.2) is 54.6 Å². The zero-order chi connectivity index (χ0) is 20.7. The van der Waals surface area contributed by atoms with E-state index in [0.29, 0.717) is 11.3 Å². The number of anilines is 1. The largest absolute Gasteiger partial charge is 0.451 e. The molecule has 0 aromatic heterocycles. The van der Waals surface area contributed by atoms with Crippen LogP contribution in [0.25, 0.3) is 6.08 Å². The van der Waals surface area contributed by atoms with E-state index in [1.165, 1.54) is 25.1 Å². The molecule has 1 amide bonds. The third kappa shape index (κ3) is 5.87. The van der Waals surface area contributed by atoms with Crippen LogP contribution < -0.4 is 5.32 Å². The van der Waals surface area contributed by atoms with E-state index in [0.717, 1.165) is 6.08 Å². The molecule has 0 fully saturated rings. The zero-order valence-corrected chi connectivity index (χ0v) is 15.9. The number of hydrogen-bond acceptors (Lipinski definition) is 4. The molecular weight excluding hydrogens is 361 g/mol. The van der Waals surface area contributed by atoms with E-state index in [2.05, 4.69) is 5.32 Å². The number of halogens is 1. The SMILES string of the molecule is CC(C)C(=O)Nc1ccc(C(=O)[C@H](C)OC(=O)/C=C/c2ccccc2F)cc1. The second-order valence-electron chi connectivity index (χ2n) is 6.52. The summed E-state index contributed by atoms with van der Waals surface area (Å²) in [6.07, 6.45) is 1.36. The molecule has 0 saturated heterocycles. The molecule has 28 heavy (non-hydrogen) atoms. The Morgan fingerprint density at radius 1 is 1.00 bits per heavy atom. The molecule has 0 spiro atoms. The second kappa shape index (κ2) is 9.60. The van der Waals surface area contributed by atoms with Crippen molar-refractivity contribution in [3.8, 4) is 0 Å². The Bertz CT molecular complexity index is 888. The number of esters is 1. The molecule has 6 heteroatoms. The van der Waals surface area contributed by atoms with Gasteiger partial charge in [-0.15, -0.1) is 0 Å². The van der Waals surface area contributed by atoms with Gasteiger partial charge in [-0.1, -0.05) is 32.0 Å². The zero-order valence-electron chi connectivity index (χ0n) is 15.9. The maximum atomic E-state index is 13.5. The summed E-state index contributed by atoms with van der Waals surface area (Å²) in [5.41, 5.74) is 1.17. The number of ketones is 1. The van der Waals surface area contributed by atoms with Crippen molar-refractivity contribution >= 4 is 29.4 Å². The molecule has 0 unspecified atom stereocenters. The minimum atomic E-state index is -1.01. The molecule has 1 N–H and O–H groups in total. The summed E-state index contributed by atoms with van der Waals surface area (Å²) in [5.74, 6) is -1.86. The molecule has 0 heterocycles. The molecular formula is C22H22FNO4. The van der Waals surface area contributed by atoms with Gasteiger partial charge in [-0.25, -0.2) is 9.18 Å². The van der Waals surface area contributed by atoms with Crippen LogP contribution in [0.2, 0.25) is 0 Å². The summed E-state index contributed by atoms with van der Waals surface area (Å²) < 4.78 is 18.6. The predicted octanol–water partition coefficient (Wildman–Crippen LogP) is 4.25. The third-order valence-corrected chi connectivity index (χ3v) is 3.93. The highest BCUT2D eigenvalue weighted by atomic mass is 19.1. The van der Waals surface area contributed by atoms with Gasteiger partial charge in [-0.3, -0.25) is 9.59 Å². The Kier molecular flexibility index (Phi) is 7.21. The predicted molar refractivity (Wildman–Crippen MR) is 105 cm³/mol. The molecule has 1 atom stereocenters. The topological polar surface area (TPSA) is 72.5 Å². The molecule has 0 bridgehead atoms. The van der Waals surface area contributed by atoms with Gasteiger partial charge in [-0.2, -0.15) is 0 Å². The van der Waals surface area contributed by atoms with E-state index in [-0.39, 0.29) is 23.2 Å². The first-order valence-electron chi connectivity index (χ1n) is 8.86. The fraction of sp³-hybridized carbons (Fsp3) is 0.227. The smallest absolute Gasteiger partial charge is 0.331 e. The number of carbonyl (C=O) groups is 3. The summed E-state index contributed by atoms with van der Waals surface area (Å²) in [5, 5.41) is 2.73. The quantitative estimate of drug-likeness (QED) is 0.441. The number of ether oxygens (including phenoxy) is 1. The number of Topliss-reactive ketones (excluding diaryl/α,β-unsaturated/α-hetero) is 1. The average molecular weight is 383 g/mol. The molecule has 5 nitrogen and oxygen atoms in total. The molecule has 2 rings (SSSR count). The molecule has 0 radical (unpaired) electrons. The number of nitrogens with one attached hydrogen (secondary N) is 1. The van der Waals surface area contributed by atoms with E-state index in [9.17, 15) is 18.8 Å². The third-order valence-electron chi connectivity index (χ3n) is 3.93. The van der Waals surface area contributed by atoms with Crippen LogP contribution in [0.1, 0.15) is 36.7 Å². The van der Waals surface area contributed by atoms with E-state index in [4.69, 9.17) is 4.74 Å². The molecule has 0 aliphatic carbocycles. The molecule has 2 aromatic carbocycles. The normalized spacial score (nSPS) is 12.0. The average Bonchev–Trinajstić information content (AvgIpc) is 2.67. The summed E-state index contributed by atoms with van der Waals surface area (Å²) in [6.45, 7) is 5.03. The number of hydrogen-bond donors (Lipinski definition) is 1. The molecule has 0 saturated carbocycles. The lowest BCUT2D eigenvalue weighted by Gasteiger charge is -2.12. The first-order valence-corrected chi connectivity index (χ1v) is 8.86. The van der Waals surface area contributed by atoms with Crippen LogP contribution in [0.5, 0.6) is 0 Å². The molecule has 0 aliphatic rings. The van der Waals surface area contributed by atoms with Gasteiger partial charge in [0.25, 0.3) is 0 Å². The van der Waals surface area contributed by atoms with E-state index in [1.807, 2.05) is 0 Å². The van der Waals surface area contributed by atoms with Crippen LogP contribution >= 0.6 is 0 Å². The van der Waals surface area contributed by atoms with Gasteiger partial charge in [0, 0.05) is 28.8 Å². The maximum Gasteiger partial charge on any atom is 0.331 e. The van der Waals surface area contributed by atoms with Gasteiger partial charge in [0.05, 0.1) is 0 Å². The lowest BCUT2D eigenvalue weighted by molar-refractivity contribution is -0.140. The van der Waals surface area contributed by atoms with Crippen LogP contribution in [-0.4, -0.2) is 23.8 Å². The fourth-order valence-electron chi connectivity index (χ4n) is 2.27. The van der Waals surface area contributed by atoms with Crippen molar-refractivity contribution in [1.29, 1.82) is 0 Å². The number of amides is 1. The second-order valence-corrected chi connectivity index (χ2v) is 6.52. The van der Waals surface area contributed by atoms with Crippen molar-refractivity contribution in [2.45, 2.75) is 26.9 Å². The summed E-state index contributed by atoms with van der Waals surface area (Å²) in [6, 6.07) is 12.3. The van der Waals surface area contributed by atoms with Crippen molar-refractivity contribution in [2.24, 2.45) is 5.92 Å².